The molecule has 10 heteroatoms. The second-order valence-corrected chi connectivity index (χ2v) is 6.82. The molecule has 1 unspecified atom stereocenters. The molecule has 2 amide bonds. The summed E-state index contributed by atoms with van der Waals surface area (Å²) >= 11 is -0.257. The summed E-state index contributed by atoms with van der Waals surface area (Å²) in [5.74, 6) is -3.62. The fourth-order valence-corrected chi connectivity index (χ4v) is 2.82. The number of rotatable bonds is 6. The van der Waals surface area contributed by atoms with E-state index < -0.39 is 35.0 Å². The summed E-state index contributed by atoms with van der Waals surface area (Å²) in [6.07, 6.45) is 2.41. The molecule has 4 nitrogen and oxygen atoms in total. The number of hydrogen-bond acceptors (Lipinski definition) is 3. The first kappa shape index (κ1) is 22.4. The van der Waals surface area contributed by atoms with Crippen LogP contribution in [0, 0.1) is 11.6 Å². The van der Waals surface area contributed by atoms with Crippen molar-refractivity contribution in [2.75, 3.05) is 7.05 Å². The minimum Gasteiger partial charge on any atom is -0.357 e. The number of alkyl halides is 3. The molecule has 29 heavy (non-hydrogen) atoms. The van der Waals surface area contributed by atoms with Gasteiger partial charge < -0.3 is 10.6 Å². The predicted octanol–water partition coefficient (Wildman–Crippen LogP) is 4.19. The molecular formula is C19H15F5N2O2S. The van der Waals surface area contributed by atoms with E-state index in [4.69, 9.17) is 0 Å². The molecule has 1 atom stereocenters. The van der Waals surface area contributed by atoms with E-state index in [1.54, 1.807) is 0 Å². The molecule has 0 saturated heterocycles. The summed E-state index contributed by atoms with van der Waals surface area (Å²) in [5.41, 5.74) is -3.90. The summed E-state index contributed by atoms with van der Waals surface area (Å²) in [5, 5.41) is 4.68. The van der Waals surface area contributed by atoms with Crippen molar-refractivity contribution in [2.24, 2.45) is 0 Å². The zero-order valence-corrected chi connectivity index (χ0v) is 15.7. The van der Waals surface area contributed by atoms with Gasteiger partial charge in [0.15, 0.2) is 11.6 Å². The number of carbonyl (C=O) groups excluding carboxylic acids is 2. The van der Waals surface area contributed by atoms with Gasteiger partial charge in [-0.15, -0.1) is 0 Å². The zero-order chi connectivity index (χ0) is 21.6. The lowest BCUT2D eigenvalue weighted by Crippen LogP contribution is -2.38. The summed E-state index contributed by atoms with van der Waals surface area (Å²) in [4.78, 5) is 24.1. The maximum atomic E-state index is 13.4. The highest BCUT2D eigenvalue weighted by Gasteiger charge is 2.29. The molecule has 154 valence electrons. The summed E-state index contributed by atoms with van der Waals surface area (Å²) in [6, 6.07) is 6.83. The average molecular weight is 430 g/mol. The standard InChI is InChI=1S/C19H15F5N2O2S/c1-25-18(28)17(12-5-8-14(20)15(21)10-12)26-16(27)9-4-11-2-6-13(7-3-11)29-19(22,23)24/h2-10,17H,1H3,(H,25,28)(H,26,27)/b9-4+. The molecule has 0 saturated carbocycles. The molecule has 2 aromatic rings. The van der Waals surface area contributed by atoms with Crippen LogP contribution in [-0.4, -0.2) is 24.4 Å². The Hall–Kier alpha value is -2.88. The highest BCUT2D eigenvalue weighted by atomic mass is 32.2. The van der Waals surface area contributed by atoms with Crippen LogP contribution >= 0.6 is 11.8 Å². The van der Waals surface area contributed by atoms with Crippen molar-refractivity contribution < 1.29 is 31.5 Å². The normalized spacial score (nSPS) is 12.6. The minimum atomic E-state index is -4.40. The van der Waals surface area contributed by atoms with E-state index in [-0.39, 0.29) is 22.2 Å². The van der Waals surface area contributed by atoms with Gasteiger partial charge in [-0.3, -0.25) is 9.59 Å². The van der Waals surface area contributed by atoms with Crippen molar-refractivity contribution in [1.29, 1.82) is 0 Å². The van der Waals surface area contributed by atoms with Gasteiger partial charge in [0.1, 0.15) is 6.04 Å². The van der Waals surface area contributed by atoms with Crippen molar-refractivity contribution >= 4 is 29.7 Å². The number of halogens is 5. The zero-order valence-electron chi connectivity index (χ0n) is 14.9. The van der Waals surface area contributed by atoms with Crippen molar-refractivity contribution in [1.82, 2.24) is 10.6 Å². The predicted molar refractivity (Wildman–Crippen MR) is 98.7 cm³/mol. The van der Waals surface area contributed by atoms with E-state index in [2.05, 4.69) is 10.6 Å². The van der Waals surface area contributed by atoms with Crippen LogP contribution in [0.3, 0.4) is 0 Å². The van der Waals surface area contributed by atoms with Gasteiger partial charge in [-0.1, -0.05) is 18.2 Å². The van der Waals surface area contributed by atoms with Crippen LogP contribution in [0.1, 0.15) is 17.2 Å². The van der Waals surface area contributed by atoms with Gasteiger partial charge in [-0.05, 0) is 53.2 Å². The number of nitrogens with one attached hydrogen (secondary N) is 2. The molecular weight excluding hydrogens is 415 g/mol. The monoisotopic (exact) mass is 430 g/mol. The maximum Gasteiger partial charge on any atom is 0.446 e. The molecule has 0 spiro atoms. The Morgan fingerprint density at radius 3 is 2.24 bits per heavy atom. The van der Waals surface area contributed by atoms with Gasteiger partial charge in [-0.2, -0.15) is 13.2 Å². The molecule has 2 N–H and O–H groups in total. The third-order valence-corrected chi connectivity index (χ3v) is 4.35. The van der Waals surface area contributed by atoms with Crippen LogP contribution in [-0.2, 0) is 9.59 Å². The first-order chi connectivity index (χ1) is 13.6. The van der Waals surface area contributed by atoms with Crippen molar-refractivity contribution in [3.8, 4) is 0 Å². The van der Waals surface area contributed by atoms with Crippen LogP contribution in [0.25, 0.3) is 6.08 Å². The van der Waals surface area contributed by atoms with Crippen molar-refractivity contribution in [2.45, 2.75) is 16.4 Å². The highest BCUT2D eigenvalue weighted by molar-refractivity contribution is 8.00. The number of hydrogen-bond donors (Lipinski definition) is 2. The Labute approximate surface area is 167 Å². The van der Waals surface area contributed by atoms with E-state index in [1.807, 2.05) is 0 Å². The van der Waals surface area contributed by atoms with E-state index in [0.717, 1.165) is 18.2 Å². The van der Waals surface area contributed by atoms with E-state index in [0.29, 0.717) is 5.56 Å². The van der Waals surface area contributed by atoms with Gasteiger partial charge in [0, 0.05) is 18.0 Å². The second kappa shape index (κ2) is 9.55. The van der Waals surface area contributed by atoms with Crippen LogP contribution in [0.4, 0.5) is 22.0 Å². The van der Waals surface area contributed by atoms with Gasteiger partial charge in [0.05, 0.1) is 0 Å². The Kier molecular flexibility index (Phi) is 7.38. The third-order valence-electron chi connectivity index (χ3n) is 3.61. The highest BCUT2D eigenvalue weighted by Crippen LogP contribution is 2.36. The Bertz CT molecular complexity index is 914. The molecule has 0 aliphatic rings. The van der Waals surface area contributed by atoms with Gasteiger partial charge in [0.25, 0.3) is 0 Å². The fourth-order valence-electron chi connectivity index (χ4n) is 2.28. The largest absolute Gasteiger partial charge is 0.446 e. The number of benzene rings is 2. The summed E-state index contributed by atoms with van der Waals surface area (Å²) in [7, 11) is 1.32. The smallest absolute Gasteiger partial charge is 0.357 e. The lowest BCUT2D eigenvalue weighted by Gasteiger charge is -2.17. The maximum absolute atomic E-state index is 13.4. The van der Waals surface area contributed by atoms with Crippen molar-refractivity contribution in [3.63, 3.8) is 0 Å². The first-order valence-corrected chi connectivity index (χ1v) is 8.91. The minimum absolute atomic E-state index is 0.00267. The average Bonchev–Trinajstić information content (AvgIpc) is 2.66. The number of thioether (sulfide) groups is 1. The van der Waals surface area contributed by atoms with Gasteiger partial charge in [-0.25, -0.2) is 8.78 Å². The topological polar surface area (TPSA) is 58.2 Å². The number of carbonyl (C=O) groups is 2. The van der Waals surface area contributed by atoms with E-state index >= 15 is 0 Å². The molecule has 0 fully saturated rings. The fraction of sp³-hybridized carbons (Fsp3) is 0.158. The van der Waals surface area contributed by atoms with Crippen LogP contribution in [0.5, 0.6) is 0 Å². The molecule has 2 aromatic carbocycles. The molecule has 0 bridgehead atoms. The molecule has 0 radical (unpaired) electrons. The molecule has 0 aliphatic heterocycles. The molecule has 2 rings (SSSR count). The van der Waals surface area contributed by atoms with Crippen LogP contribution < -0.4 is 10.6 Å². The number of likely N-dealkylation sites (N-methyl/N-ethyl adjacent to an activating group) is 1. The van der Waals surface area contributed by atoms with Crippen LogP contribution in [0.2, 0.25) is 0 Å². The Morgan fingerprint density at radius 2 is 1.69 bits per heavy atom. The first-order valence-electron chi connectivity index (χ1n) is 8.10. The van der Waals surface area contributed by atoms with Crippen molar-refractivity contribution in [3.05, 3.63) is 71.3 Å². The lowest BCUT2D eigenvalue weighted by atomic mass is 10.1. The molecule has 0 heterocycles. The van der Waals surface area contributed by atoms with Crippen LogP contribution in [0.15, 0.2) is 53.4 Å². The SMILES string of the molecule is CNC(=O)C(NC(=O)/C=C/c1ccc(SC(F)(F)F)cc1)c1ccc(F)c(F)c1. The van der Waals surface area contributed by atoms with E-state index in [1.165, 1.54) is 43.5 Å². The summed E-state index contributed by atoms with van der Waals surface area (Å²) < 4.78 is 63.5. The Morgan fingerprint density at radius 1 is 1.03 bits per heavy atom. The summed E-state index contributed by atoms with van der Waals surface area (Å²) in [6.45, 7) is 0. The molecule has 0 aliphatic carbocycles. The van der Waals surface area contributed by atoms with Gasteiger partial charge >= 0.3 is 5.51 Å². The second-order valence-electron chi connectivity index (χ2n) is 5.68. The van der Waals surface area contributed by atoms with E-state index in [9.17, 15) is 31.5 Å². The Balaban J connectivity index is 2.09. The van der Waals surface area contributed by atoms with Gasteiger partial charge in [0.2, 0.25) is 11.8 Å². The lowest BCUT2D eigenvalue weighted by molar-refractivity contribution is -0.126. The third kappa shape index (κ3) is 6.90. The molecule has 0 aromatic heterocycles. The number of amides is 2. The quantitative estimate of drug-likeness (QED) is 0.411.